The number of hydrogen-bond acceptors (Lipinski definition) is 5. The Labute approximate surface area is 130 Å². The average molecular weight is 306 g/mol. The molecule has 1 unspecified atom stereocenters. The van der Waals surface area contributed by atoms with Crippen LogP contribution in [0.2, 0.25) is 0 Å². The molecule has 2 rings (SSSR count). The van der Waals surface area contributed by atoms with Gasteiger partial charge in [-0.25, -0.2) is 0 Å². The zero-order chi connectivity index (χ0) is 16.5. The van der Waals surface area contributed by atoms with E-state index in [0.29, 0.717) is 6.42 Å². The van der Waals surface area contributed by atoms with E-state index in [2.05, 4.69) is 0 Å². The molecule has 0 aromatic heterocycles. The van der Waals surface area contributed by atoms with Crippen LogP contribution in [0.5, 0.6) is 0 Å². The highest BCUT2D eigenvalue weighted by molar-refractivity contribution is 6.07. The van der Waals surface area contributed by atoms with Crippen LogP contribution in [-0.4, -0.2) is 31.9 Å². The maximum Gasteiger partial charge on any atom is 0.323 e. The van der Waals surface area contributed by atoms with Crippen LogP contribution in [0.25, 0.3) is 0 Å². The molecule has 0 saturated heterocycles. The molecule has 0 spiro atoms. The van der Waals surface area contributed by atoms with E-state index < -0.39 is 17.4 Å². The topological polar surface area (TPSA) is 69.7 Å². The standard InChI is InChI=1S/C17H22O5/c1-5-10(6-2)12-7-11(8-14(12)18)13-9-17(13,15(19)21-3)16(20)22-4/h7,13H,5-6,8-9H2,1-4H3. The molecule has 0 N–H and O–H groups in total. The first-order valence-electron chi connectivity index (χ1n) is 7.58. The van der Waals surface area contributed by atoms with Gasteiger partial charge in [0.25, 0.3) is 0 Å². The van der Waals surface area contributed by atoms with Gasteiger partial charge in [-0.1, -0.05) is 31.1 Å². The predicted molar refractivity (Wildman–Crippen MR) is 79.9 cm³/mol. The molecule has 0 aromatic rings. The van der Waals surface area contributed by atoms with Crippen LogP contribution in [0.1, 0.15) is 39.5 Å². The second kappa shape index (κ2) is 6.07. The first-order valence-corrected chi connectivity index (χ1v) is 7.58. The Balaban J connectivity index is 2.33. The Hall–Kier alpha value is -1.91. The molecule has 1 atom stereocenters. The van der Waals surface area contributed by atoms with E-state index in [9.17, 15) is 14.4 Å². The van der Waals surface area contributed by atoms with Crippen LogP contribution in [0, 0.1) is 11.3 Å². The largest absolute Gasteiger partial charge is 0.468 e. The third-order valence-electron chi connectivity index (χ3n) is 4.74. The van der Waals surface area contributed by atoms with Crippen molar-refractivity contribution in [3.05, 3.63) is 22.8 Å². The van der Waals surface area contributed by atoms with E-state index in [1.807, 2.05) is 19.9 Å². The molecule has 0 aromatic carbocycles. The summed E-state index contributed by atoms with van der Waals surface area (Å²) in [6, 6.07) is 0. The minimum atomic E-state index is -1.26. The Bertz CT molecular complexity index is 560. The summed E-state index contributed by atoms with van der Waals surface area (Å²) in [5.41, 5.74) is 1.44. The van der Waals surface area contributed by atoms with Gasteiger partial charge >= 0.3 is 11.9 Å². The number of Topliss-reactive ketones (excluding diaryl/α,β-unsaturated/α-hetero) is 1. The van der Waals surface area contributed by atoms with Crippen molar-refractivity contribution < 1.29 is 23.9 Å². The second-order valence-corrected chi connectivity index (χ2v) is 5.75. The SMILES string of the molecule is CCC(CC)=C1C=C(C2CC2(C(=O)OC)C(=O)OC)CC1=O. The number of carbonyl (C=O) groups is 3. The first-order chi connectivity index (χ1) is 10.5. The molecule has 2 aliphatic carbocycles. The minimum absolute atomic E-state index is 0.0734. The first kappa shape index (κ1) is 16.5. The van der Waals surface area contributed by atoms with Gasteiger partial charge in [0.15, 0.2) is 11.2 Å². The van der Waals surface area contributed by atoms with Crippen molar-refractivity contribution in [3.8, 4) is 0 Å². The summed E-state index contributed by atoms with van der Waals surface area (Å²) in [5, 5.41) is 0. The lowest BCUT2D eigenvalue weighted by Gasteiger charge is -2.12. The van der Waals surface area contributed by atoms with Crippen molar-refractivity contribution in [2.24, 2.45) is 11.3 Å². The normalized spacial score (nSPS) is 22.2. The summed E-state index contributed by atoms with van der Waals surface area (Å²) in [4.78, 5) is 36.3. The van der Waals surface area contributed by atoms with Crippen molar-refractivity contribution in [2.45, 2.75) is 39.5 Å². The Morgan fingerprint density at radius 3 is 2.18 bits per heavy atom. The molecule has 0 heterocycles. The Morgan fingerprint density at radius 2 is 1.73 bits per heavy atom. The third-order valence-corrected chi connectivity index (χ3v) is 4.74. The fourth-order valence-electron chi connectivity index (χ4n) is 3.36. The third kappa shape index (κ3) is 2.38. The molecule has 0 aliphatic heterocycles. The summed E-state index contributed by atoms with van der Waals surface area (Å²) >= 11 is 0. The van der Waals surface area contributed by atoms with Gasteiger partial charge in [0.2, 0.25) is 0 Å². The maximum absolute atomic E-state index is 12.2. The number of esters is 2. The number of methoxy groups -OCH3 is 2. The van der Waals surface area contributed by atoms with E-state index in [-0.39, 0.29) is 18.1 Å². The molecule has 0 bridgehead atoms. The van der Waals surface area contributed by atoms with Gasteiger partial charge in [0.05, 0.1) is 14.2 Å². The van der Waals surface area contributed by atoms with Gasteiger partial charge < -0.3 is 9.47 Å². The van der Waals surface area contributed by atoms with Crippen LogP contribution < -0.4 is 0 Å². The number of ketones is 1. The number of rotatable bonds is 5. The molecule has 5 nitrogen and oxygen atoms in total. The molecule has 0 amide bonds. The molecule has 1 fully saturated rings. The molecular weight excluding hydrogens is 284 g/mol. The van der Waals surface area contributed by atoms with Gasteiger partial charge in [-0.3, -0.25) is 14.4 Å². The van der Waals surface area contributed by atoms with E-state index >= 15 is 0 Å². The van der Waals surface area contributed by atoms with E-state index in [1.54, 1.807) is 0 Å². The number of allylic oxidation sites excluding steroid dienone is 4. The minimum Gasteiger partial charge on any atom is -0.468 e. The van der Waals surface area contributed by atoms with Crippen molar-refractivity contribution in [3.63, 3.8) is 0 Å². The second-order valence-electron chi connectivity index (χ2n) is 5.75. The van der Waals surface area contributed by atoms with Crippen molar-refractivity contribution in [1.82, 2.24) is 0 Å². The summed E-state index contributed by atoms with van der Waals surface area (Å²) < 4.78 is 9.54. The van der Waals surface area contributed by atoms with Crippen molar-refractivity contribution in [1.29, 1.82) is 0 Å². The van der Waals surface area contributed by atoms with Crippen LogP contribution in [0.4, 0.5) is 0 Å². The van der Waals surface area contributed by atoms with Crippen LogP contribution in [0.3, 0.4) is 0 Å². The molecular formula is C17H22O5. The van der Waals surface area contributed by atoms with Crippen LogP contribution in [-0.2, 0) is 23.9 Å². The lowest BCUT2D eigenvalue weighted by Crippen LogP contribution is -2.30. The molecule has 2 aliphatic rings. The number of carbonyl (C=O) groups excluding carboxylic acids is 3. The maximum atomic E-state index is 12.2. The van der Waals surface area contributed by atoms with Crippen molar-refractivity contribution in [2.75, 3.05) is 14.2 Å². The van der Waals surface area contributed by atoms with Gasteiger partial charge in [-0.15, -0.1) is 0 Å². The van der Waals surface area contributed by atoms with E-state index in [1.165, 1.54) is 14.2 Å². The zero-order valence-corrected chi connectivity index (χ0v) is 13.5. The molecule has 22 heavy (non-hydrogen) atoms. The molecule has 120 valence electrons. The highest BCUT2D eigenvalue weighted by Gasteiger charge is 2.69. The lowest BCUT2D eigenvalue weighted by molar-refractivity contribution is -0.161. The fraction of sp³-hybridized carbons (Fsp3) is 0.588. The van der Waals surface area contributed by atoms with Gasteiger partial charge in [0, 0.05) is 17.9 Å². The highest BCUT2D eigenvalue weighted by Crippen LogP contribution is 2.60. The molecule has 0 radical (unpaired) electrons. The monoisotopic (exact) mass is 306 g/mol. The van der Waals surface area contributed by atoms with Gasteiger partial charge in [0.1, 0.15) is 0 Å². The molecule has 1 saturated carbocycles. The quantitative estimate of drug-likeness (QED) is 0.443. The van der Waals surface area contributed by atoms with Crippen molar-refractivity contribution >= 4 is 17.7 Å². The van der Waals surface area contributed by atoms with E-state index in [0.717, 1.165) is 29.6 Å². The summed E-state index contributed by atoms with van der Waals surface area (Å²) in [7, 11) is 2.52. The summed E-state index contributed by atoms with van der Waals surface area (Å²) in [6.45, 7) is 4.05. The zero-order valence-electron chi connectivity index (χ0n) is 13.5. The lowest BCUT2D eigenvalue weighted by atomic mass is 9.98. The molecule has 5 heteroatoms. The average Bonchev–Trinajstić information content (AvgIpc) is 3.19. The van der Waals surface area contributed by atoms with Crippen LogP contribution >= 0.6 is 0 Å². The number of hydrogen-bond donors (Lipinski definition) is 0. The van der Waals surface area contributed by atoms with E-state index in [4.69, 9.17) is 9.47 Å². The number of ether oxygens (including phenoxy) is 2. The highest BCUT2D eigenvalue weighted by atomic mass is 16.5. The van der Waals surface area contributed by atoms with Gasteiger partial charge in [-0.05, 0) is 19.3 Å². The Morgan fingerprint density at radius 1 is 1.18 bits per heavy atom. The summed E-state index contributed by atoms with van der Waals surface area (Å²) in [5.74, 6) is -1.38. The van der Waals surface area contributed by atoms with Gasteiger partial charge in [-0.2, -0.15) is 0 Å². The fourth-order valence-corrected chi connectivity index (χ4v) is 3.36. The predicted octanol–water partition coefficient (Wildman–Crippen LogP) is 2.35. The Kier molecular flexibility index (Phi) is 4.54. The smallest absolute Gasteiger partial charge is 0.323 e. The summed E-state index contributed by atoms with van der Waals surface area (Å²) in [6.07, 6.45) is 4.14. The van der Waals surface area contributed by atoms with Crippen LogP contribution in [0.15, 0.2) is 22.8 Å².